The third kappa shape index (κ3) is 2.83. The van der Waals surface area contributed by atoms with Gasteiger partial charge in [0.2, 0.25) is 5.88 Å². The number of aromatic nitrogens is 2. The Hall–Kier alpha value is -2.67. The lowest BCUT2D eigenvalue weighted by Crippen LogP contribution is -2.30. The minimum absolute atomic E-state index is 0.140. The van der Waals surface area contributed by atoms with Crippen LogP contribution in [0.1, 0.15) is 17.4 Å². The summed E-state index contributed by atoms with van der Waals surface area (Å²) in [5.74, 6) is 4.64. The van der Waals surface area contributed by atoms with Crippen LogP contribution in [-0.2, 0) is 0 Å². The largest absolute Gasteiger partial charge is 0.505 e. The summed E-state index contributed by atoms with van der Waals surface area (Å²) in [6.07, 6.45) is 1.58. The number of amides is 1. The topological polar surface area (TPSA) is 110 Å². The van der Waals surface area contributed by atoms with Gasteiger partial charge < -0.3 is 9.84 Å². The van der Waals surface area contributed by atoms with Crippen LogP contribution in [0.3, 0.4) is 0 Å². The van der Waals surface area contributed by atoms with Crippen molar-refractivity contribution < 1.29 is 14.6 Å². The molecule has 0 aliphatic heterocycles. The number of aromatic hydroxyl groups is 1. The number of hydrazine groups is 1. The zero-order valence-electron chi connectivity index (χ0n) is 10.8. The fourth-order valence-corrected chi connectivity index (χ4v) is 1.61. The van der Waals surface area contributed by atoms with E-state index in [1.54, 1.807) is 24.4 Å². The van der Waals surface area contributed by atoms with Gasteiger partial charge in [-0.15, -0.1) is 0 Å². The highest BCUT2D eigenvalue weighted by atomic mass is 16.5. The van der Waals surface area contributed by atoms with E-state index < -0.39 is 5.91 Å². The summed E-state index contributed by atoms with van der Waals surface area (Å²) >= 11 is 0. The van der Waals surface area contributed by atoms with Gasteiger partial charge in [-0.1, -0.05) is 0 Å². The molecule has 104 valence electrons. The van der Waals surface area contributed by atoms with Crippen LogP contribution in [0.4, 0.5) is 0 Å². The summed E-state index contributed by atoms with van der Waals surface area (Å²) in [5, 5.41) is 9.58. The second kappa shape index (κ2) is 5.98. The molecule has 0 unspecified atom stereocenters. The molecule has 7 heteroatoms. The van der Waals surface area contributed by atoms with Gasteiger partial charge in [-0.3, -0.25) is 10.2 Å². The summed E-state index contributed by atoms with van der Waals surface area (Å²) in [5.41, 5.74) is 2.98. The maximum absolute atomic E-state index is 11.5. The van der Waals surface area contributed by atoms with E-state index in [9.17, 15) is 9.90 Å². The first-order chi connectivity index (χ1) is 9.65. The molecule has 20 heavy (non-hydrogen) atoms. The molecule has 2 aromatic heterocycles. The number of nitrogens with zero attached hydrogens (tertiary/aromatic N) is 2. The molecule has 0 aliphatic carbocycles. The van der Waals surface area contributed by atoms with E-state index in [-0.39, 0.29) is 11.4 Å². The molecule has 0 bridgehead atoms. The van der Waals surface area contributed by atoms with Gasteiger partial charge in [0.05, 0.1) is 12.3 Å². The highest BCUT2D eigenvalue weighted by Crippen LogP contribution is 2.23. The maximum Gasteiger partial charge on any atom is 0.287 e. The number of nitrogen functional groups attached to an aromatic ring is 1. The molecule has 2 aromatic rings. The van der Waals surface area contributed by atoms with Crippen LogP contribution in [0, 0.1) is 0 Å². The molecule has 1 amide bonds. The van der Waals surface area contributed by atoms with E-state index in [0.29, 0.717) is 23.7 Å². The van der Waals surface area contributed by atoms with E-state index in [0.717, 1.165) is 0 Å². The number of hydrogen-bond donors (Lipinski definition) is 3. The van der Waals surface area contributed by atoms with Gasteiger partial charge >= 0.3 is 0 Å². The first-order valence-electron chi connectivity index (χ1n) is 5.96. The molecule has 0 spiro atoms. The highest BCUT2D eigenvalue weighted by molar-refractivity contribution is 5.94. The van der Waals surface area contributed by atoms with Gasteiger partial charge in [0.15, 0.2) is 5.69 Å². The summed E-state index contributed by atoms with van der Waals surface area (Å²) in [6.45, 7) is 2.40. The van der Waals surface area contributed by atoms with Crippen molar-refractivity contribution in [2.45, 2.75) is 6.92 Å². The molecule has 4 N–H and O–H groups in total. The third-order valence-corrected chi connectivity index (χ3v) is 2.54. The smallest absolute Gasteiger partial charge is 0.287 e. The fourth-order valence-electron chi connectivity index (χ4n) is 1.61. The minimum atomic E-state index is -0.664. The molecule has 2 rings (SSSR count). The summed E-state index contributed by atoms with van der Waals surface area (Å²) in [6, 6.07) is 6.43. The predicted molar refractivity (Wildman–Crippen MR) is 72.0 cm³/mol. The average Bonchev–Trinajstić information content (AvgIpc) is 2.48. The van der Waals surface area contributed by atoms with Crippen molar-refractivity contribution in [1.29, 1.82) is 0 Å². The van der Waals surface area contributed by atoms with Crippen molar-refractivity contribution in [2.75, 3.05) is 6.61 Å². The predicted octanol–water partition coefficient (Wildman–Crippen LogP) is 0.851. The second-order valence-electron chi connectivity index (χ2n) is 3.86. The van der Waals surface area contributed by atoms with Gasteiger partial charge in [-0.05, 0) is 25.1 Å². The van der Waals surface area contributed by atoms with Crippen LogP contribution in [0.25, 0.3) is 11.3 Å². The SMILES string of the molecule is CCOc1ccc(-c2ccc(O)c(C(=O)NN)n2)cn1. The van der Waals surface area contributed by atoms with E-state index in [2.05, 4.69) is 9.97 Å². The van der Waals surface area contributed by atoms with E-state index in [1.165, 1.54) is 6.07 Å². The Labute approximate surface area is 115 Å². The summed E-state index contributed by atoms with van der Waals surface area (Å²) < 4.78 is 5.24. The monoisotopic (exact) mass is 274 g/mol. The van der Waals surface area contributed by atoms with Crippen LogP contribution in [0.5, 0.6) is 11.6 Å². The molecule has 0 aliphatic rings. The number of nitrogens with one attached hydrogen (secondary N) is 1. The van der Waals surface area contributed by atoms with Crippen molar-refractivity contribution in [2.24, 2.45) is 5.84 Å². The highest BCUT2D eigenvalue weighted by Gasteiger charge is 2.13. The number of rotatable bonds is 4. The Morgan fingerprint density at radius 3 is 2.80 bits per heavy atom. The third-order valence-electron chi connectivity index (χ3n) is 2.54. The van der Waals surface area contributed by atoms with Gasteiger partial charge in [-0.2, -0.15) is 0 Å². The molecular weight excluding hydrogens is 260 g/mol. The zero-order valence-corrected chi connectivity index (χ0v) is 10.8. The maximum atomic E-state index is 11.5. The summed E-state index contributed by atoms with van der Waals surface area (Å²) in [4.78, 5) is 19.6. The van der Waals surface area contributed by atoms with Crippen LogP contribution in [0.2, 0.25) is 0 Å². The van der Waals surface area contributed by atoms with Gasteiger partial charge in [0.1, 0.15) is 5.75 Å². The second-order valence-corrected chi connectivity index (χ2v) is 3.86. The number of carbonyl (C=O) groups excluding carboxylic acids is 1. The number of pyridine rings is 2. The number of hydrogen-bond acceptors (Lipinski definition) is 6. The summed E-state index contributed by atoms with van der Waals surface area (Å²) in [7, 11) is 0. The Morgan fingerprint density at radius 2 is 2.20 bits per heavy atom. The molecule has 2 heterocycles. The Bertz CT molecular complexity index is 614. The van der Waals surface area contributed by atoms with E-state index in [1.807, 2.05) is 12.3 Å². The number of nitrogens with two attached hydrogens (primary N) is 1. The van der Waals surface area contributed by atoms with Crippen molar-refractivity contribution in [3.63, 3.8) is 0 Å². The van der Waals surface area contributed by atoms with Crippen molar-refractivity contribution in [3.8, 4) is 22.9 Å². The van der Waals surface area contributed by atoms with Crippen molar-refractivity contribution >= 4 is 5.91 Å². The fraction of sp³-hybridized carbons (Fsp3) is 0.154. The van der Waals surface area contributed by atoms with E-state index >= 15 is 0 Å². The lowest BCUT2D eigenvalue weighted by Gasteiger charge is -2.06. The molecule has 0 atom stereocenters. The van der Waals surface area contributed by atoms with Gasteiger partial charge in [0.25, 0.3) is 5.91 Å². The van der Waals surface area contributed by atoms with Crippen molar-refractivity contribution in [1.82, 2.24) is 15.4 Å². The molecule has 0 saturated heterocycles. The number of ether oxygens (including phenoxy) is 1. The van der Waals surface area contributed by atoms with Crippen LogP contribution >= 0.6 is 0 Å². The molecule has 0 radical (unpaired) electrons. The molecular formula is C13H14N4O3. The molecule has 7 nitrogen and oxygen atoms in total. The zero-order chi connectivity index (χ0) is 14.5. The Kier molecular flexibility index (Phi) is 4.11. The molecule has 0 aromatic carbocycles. The number of carbonyl (C=O) groups is 1. The van der Waals surface area contributed by atoms with Gasteiger partial charge in [-0.25, -0.2) is 15.8 Å². The van der Waals surface area contributed by atoms with Crippen LogP contribution in [-0.4, -0.2) is 27.6 Å². The molecule has 0 fully saturated rings. The van der Waals surface area contributed by atoms with E-state index in [4.69, 9.17) is 10.6 Å². The van der Waals surface area contributed by atoms with Crippen LogP contribution in [0.15, 0.2) is 30.5 Å². The lowest BCUT2D eigenvalue weighted by atomic mass is 10.1. The minimum Gasteiger partial charge on any atom is -0.505 e. The standard InChI is InChI=1S/C13H14N4O3/c1-2-20-11-6-3-8(7-15-11)9-4-5-10(18)12(16-9)13(19)17-14/h3-7,18H,2,14H2,1H3,(H,17,19). The average molecular weight is 274 g/mol. The quantitative estimate of drug-likeness (QED) is 0.433. The lowest BCUT2D eigenvalue weighted by molar-refractivity contribution is 0.0946. The first kappa shape index (κ1) is 13.8. The molecule has 0 saturated carbocycles. The normalized spacial score (nSPS) is 10.1. The first-order valence-corrected chi connectivity index (χ1v) is 5.96. The van der Waals surface area contributed by atoms with Crippen molar-refractivity contribution in [3.05, 3.63) is 36.2 Å². The van der Waals surface area contributed by atoms with Gasteiger partial charge in [0, 0.05) is 17.8 Å². The Balaban J connectivity index is 2.35. The van der Waals surface area contributed by atoms with Crippen LogP contribution < -0.4 is 16.0 Å². The Morgan fingerprint density at radius 1 is 1.40 bits per heavy atom.